The van der Waals surface area contributed by atoms with Crippen molar-refractivity contribution in [2.75, 3.05) is 13.2 Å². The van der Waals surface area contributed by atoms with Crippen molar-refractivity contribution in [3.05, 3.63) is 41.5 Å². The van der Waals surface area contributed by atoms with Crippen LogP contribution in [0, 0.1) is 6.92 Å². The monoisotopic (exact) mass is 382 g/mol. The van der Waals surface area contributed by atoms with Crippen molar-refractivity contribution in [1.82, 2.24) is 0 Å². The van der Waals surface area contributed by atoms with Crippen LogP contribution < -0.4 is 0 Å². The fraction of sp³-hybridized carbons (Fsp3) is 0.526. The van der Waals surface area contributed by atoms with E-state index in [-0.39, 0.29) is 23.6 Å². The molecule has 0 radical (unpaired) electrons. The standard InChI is InChI=1S/C19H26O6S/c1-5-23-18(20)15(3)7-6-12-19(4)17(25-19)13-24-26(21,22)16-10-8-14(2)9-11-16/h7-11,17H,5-6,12-13H2,1-4H3/b15-7+/t17-,19-/m0/s1. The van der Waals surface area contributed by atoms with Crippen LogP contribution in [0.25, 0.3) is 0 Å². The van der Waals surface area contributed by atoms with E-state index >= 15 is 0 Å². The number of esters is 1. The topological polar surface area (TPSA) is 82.2 Å². The smallest absolute Gasteiger partial charge is 0.333 e. The van der Waals surface area contributed by atoms with E-state index < -0.39 is 15.7 Å². The molecular formula is C19H26O6S. The second-order valence-corrected chi connectivity index (χ2v) is 8.23. The van der Waals surface area contributed by atoms with Gasteiger partial charge in [-0.15, -0.1) is 0 Å². The summed E-state index contributed by atoms with van der Waals surface area (Å²) in [7, 11) is -3.79. The van der Waals surface area contributed by atoms with Crippen LogP contribution in [0.4, 0.5) is 0 Å². The molecule has 7 heteroatoms. The molecule has 1 aromatic carbocycles. The van der Waals surface area contributed by atoms with Crippen molar-refractivity contribution in [3.8, 4) is 0 Å². The molecule has 0 N–H and O–H groups in total. The van der Waals surface area contributed by atoms with Gasteiger partial charge in [-0.3, -0.25) is 4.18 Å². The summed E-state index contributed by atoms with van der Waals surface area (Å²) < 4.78 is 40.0. The summed E-state index contributed by atoms with van der Waals surface area (Å²) in [5.41, 5.74) is 1.10. The summed E-state index contributed by atoms with van der Waals surface area (Å²) in [6.07, 6.45) is 2.84. The Labute approximate surface area is 155 Å². The summed E-state index contributed by atoms with van der Waals surface area (Å²) in [6, 6.07) is 6.51. The third-order valence-corrected chi connectivity index (χ3v) is 5.70. The fourth-order valence-corrected chi connectivity index (χ4v) is 3.46. The molecule has 0 aliphatic carbocycles. The molecule has 0 unspecified atom stereocenters. The highest BCUT2D eigenvalue weighted by Gasteiger charge is 2.52. The predicted octanol–water partition coefficient (Wildman–Crippen LogP) is 3.15. The molecule has 144 valence electrons. The fourth-order valence-electron chi connectivity index (χ4n) is 2.55. The molecule has 1 heterocycles. The highest BCUT2D eigenvalue weighted by atomic mass is 32.2. The highest BCUT2D eigenvalue weighted by molar-refractivity contribution is 7.86. The molecular weight excluding hydrogens is 356 g/mol. The maximum Gasteiger partial charge on any atom is 0.333 e. The van der Waals surface area contributed by atoms with Gasteiger partial charge >= 0.3 is 5.97 Å². The Hall–Kier alpha value is -1.70. The number of aryl methyl sites for hydroxylation is 1. The SMILES string of the molecule is CCOC(=O)/C(C)=C/CC[C@]1(C)O[C@H]1COS(=O)(=O)c1ccc(C)cc1. The molecule has 1 aliphatic rings. The van der Waals surface area contributed by atoms with Crippen molar-refractivity contribution in [3.63, 3.8) is 0 Å². The lowest BCUT2D eigenvalue weighted by atomic mass is 10.0. The van der Waals surface area contributed by atoms with Gasteiger partial charge < -0.3 is 9.47 Å². The zero-order valence-electron chi connectivity index (χ0n) is 15.7. The minimum atomic E-state index is -3.79. The Balaban J connectivity index is 1.81. The molecule has 1 fully saturated rings. The zero-order chi connectivity index (χ0) is 19.4. The maximum absolute atomic E-state index is 12.2. The summed E-state index contributed by atoms with van der Waals surface area (Å²) >= 11 is 0. The molecule has 26 heavy (non-hydrogen) atoms. The lowest BCUT2D eigenvalue weighted by Crippen LogP contribution is -2.17. The minimum absolute atomic E-state index is 0.0206. The molecule has 2 atom stereocenters. The first-order valence-electron chi connectivity index (χ1n) is 8.66. The van der Waals surface area contributed by atoms with Gasteiger partial charge in [0.25, 0.3) is 10.1 Å². The van der Waals surface area contributed by atoms with E-state index in [0.29, 0.717) is 25.0 Å². The average Bonchev–Trinajstić information content (AvgIpc) is 3.24. The Morgan fingerprint density at radius 1 is 1.31 bits per heavy atom. The lowest BCUT2D eigenvalue weighted by Gasteiger charge is -2.07. The van der Waals surface area contributed by atoms with Crippen molar-refractivity contribution in [1.29, 1.82) is 0 Å². The maximum atomic E-state index is 12.2. The van der Waals surface area contributed by atoms with Crippen LogP contribution in [0.3, 0.4) is 0 Å². The molecule has 0 aromatic heterocycles. The summed E-state index contributed by atoms with van der Waals surface area (Å²) in [6.45, 7) is 7.60. The van der Waals surface area contributed by atoms with E-state index in [1.54, 1.807) is 26.0 Å². The Morgan fingerprint density at radius 3 is 2.58 bits per heavy atom. The number of hydrogen-bond donors (Lipinski definition) is 0. The number of carbonyl (C=O) groups is 1. The highest BCUT2D eigenvalue weighted by Crippen LogP contribution is 2.41. The third kappa shape index (κ3) is 5.40. The van der Waals surface area contributed by atoms with Gasteiger partial charge in [0.05, 0.1) is 23.7 Å². The van der Waals surface area contributed by atoms with E-state index in [1.807, 2.05) is 19.9 Å². The van der Waals surface area contributed by atoms with Gasteiger partial charge in [0.1, 0.15) is 6.10 Å². The summed E-state index contributed by atoms with van der Waals surface area (Å²) in [5, 5.41) is 0. The largest absolute Gasteiger partial charge is 0.463 e. The second-order valence-electron chi connectivity index (χ2n) is 6.62. The van der Waals surface area contributed by atoms with E-state index in [2.05, 4.69) is 0 Å². The normalized spacial score (nSPS) is 22.9. The van der Waals surface area contributed by atoms with Crippen molar-refractivity contribution in [2.45, 2.75) is 57.1 Å². The van der Waals surface area contributed by atoms with Gasteiger partial charge in [-0.25, -0.2) is 4.79 Å². The first kappa shape index (κ1) is 20.6. The number of epoxide rings is 1. The molecule has 0 amide bonds. The van der Waals surface area contributed by atoms with Gasteiger partial charge in [-0.05, 0) is 52.7 Å². The van der Waals surface area contributed by atoms with Gasteiger partial charge in [-0.1, -0.05) is 23.8 Å². The molecule has 2 rings (SSSR count). The molecule has 1 aromatic rings. The van der Waals surface area contributed by atoms with Crippen LogP contribution in [-0.4, -0.2) is 39.3 Å². The number of ether oxygens (including phenoxy) is 2. The van der Waals surface area contributed by atoms with Crippen LogP contribution in [0.5, 0.6) is 0 Å². The van der Waals surface area contributed by atoms with Crippen molar-refractivity contribution in [2.24, 2.45) is 0 Å². The third-order valence-electron chi connectivity index (χ3n) is 4.41. The molecule has 0 spiro atoms. The molecule has 6 nitrogen and oxygen atoms in total. The summed E-state index contributed by atoms with van der Waals surface area (Å²) in [4.78, 5) is 11.7. The lowest BCUT2D eigenvalue weighted by molar-refractivity contribution is -0.138. The number of allylic oxidation sites excluding steroid dienone is 1. The van der Waals surface area contributed by atoms with Gasteiger partial charge in [0.15, 0.2) is 0 Å². The van der Waals surface area contributed by atoms with E-state index in [0.717, 1.165) is 5.56 Å². The van der Waals surface area contributed by atoms with Crippen LogP contribution in [0.1, 0.15) is 39.2 Å². The number of rotatable bonds is 9. The Bertz CT molecular complexity index is 766. The number of carbonyl (C=O) groups excluding carboxylic acids is 1. The first-order chi connectivity index (χ1) is 12.2. The summed E-state index contributed by atoms with van der Waals surface area (Å²) in [5.74, 6) is -0.321. The van der Waals surface area contributed by atoms with Gasteiger partial charge in [0, 0.05) is 5.57 Å². The van der Waals surface area contributed by atoms with Gasteiger partial charge in [-0.2, -0.15) is 8.42 Å². The Kier molecular flexibility index (Phi) is 6.60. The van der Waals surface area contributed by atoms with Crippen LogP contribution in [-0.2, 0) is 28.6 Å². The average molecular weight is 382 g/mol. The van der Waals surface area contributed by atoms with E-state index in [9.17, 15) is 13.2 Å². The molecule has 1 saturated heterocycles. The van der Waals surface area contributed by atoms with E-state index in [1.165, 1.54) is 12.1 Å². The van der Waals surface area contributed by atoms with Crippen LogP contribution >= 0.6 is 0 Å². The van der Waals surface area contributed by atoms with Crippen LogP contribution in [0.2, 0.25) is 0 Å². The molecule has 0 bridgehead atoms. The zero-order valence-corrected chi connectivity index (χ0v) is 16.5. The number of hydrogen-bond acceptors (Lipinski definition) is 6. The van der Waals surface area contributed by atoms with Crippen molar-refractivity contribution < 1.29 is 26.9 Å². The van der Waals surface area contributed by atoms with Gasteiger partial charge in [0.2, 0.25) is 0 Å². The number of benzene rings is 1. The molecule has 1 aliphatic heterocycles. The van der Waals surface area contributed by atoms with Crippen molar-refractivity contribution >= 4 is 16.1 Å². The Morgan fingerprint density at radius 2 is 1.96 bits per heavy atom. The molecule has 0 saturated carbocycles. The van der Waals surface area contributed by atoms with Crippen LogP contribution in [0.15, 0.2) is 40.8 Å². The second kappa shape index (κ2) is 8.33. The van der Waals surface area contributed by atoms with E-state index in [4.69, 9.17) is 13.7 Å². The quantitative estimate of drug-likeness (QED) is 0.282. The first-order valence-corrected chi connectivity index (χ1v) is 10.1. The predicted molar refractivity (Wildman–Crippen MR) is 97.2 cm³/mol. The minimum Gasteiger partial charge on any atom is -0.463 e.